The van der Waals surface area contributed by atoms with Gasteiger partial charge in [0, 0.05) is 33.1 Å². The third-order valence-electron chi connectivity index (χ3n) is 8.08. The monoisotopic (exact) mass is 563 g/mol. The number of H-pyrrole nitrogens is 1. The molecular weight excluding hydrogens is 538 g/mol. The highest BCUT2D eigenvalue weighted by Gasteiger charge is 2.46. The molecule has 2 aliphatic heterocycles. The van der Waals surface area contributed by atoms with Gasteiger partial charge in [0.1, 0.15) is 30.2 Å². The first-order chi connectivity index (χ1) is 19.7. The van der Waals surface area contributed by atoms with Crippen molar-refractivity contribution in [2.75, 3.05) is 20.8 Å². The number of phenols is 1. The number of hydrogen-bond donors (Lipinski definition) is 7. The van der Waals surface area contributed by atoms with Gasteiger partial charge in [-0.2, -0.15) is 0 Å². The summed E-state index contributed by atoms with van der Waals surface area (Å²) in [5.41, 5.74) is 1.83. The number of phenolic OH excluding ortho intramolecular Hbond substituents is 1. The third kappa shape index (κ3) is 3.29. The number of aromatic nitrogens is 2. The van der Waals surface area contributed by atoms with Crippen LogP contribution >= 0.6 is 0 Å². The van der Waals surface area contributed by atoms with Crippen LogP contribution in [0.15, 0.2) is 30.3 Å². The van der Waals surface area contributed by atoms with Crippen molar-refractivity contribution in [1.29, 1.82) is 0 Å². The first-order valence-electron chi connectivity index (χ1n) is 12.8. The second-order valence-electron chi connectivity index (χ2n) is 10.2. The van der Waals surface area contributed by atoms with Crippen LogP contribution in [0.25, 0.3) is 43.6 Å². The summed E-state index contributed by atoms with van der Waals surface area (Å²) in [6, 6.07) is 7.82. The van der Waals surface area contributed by atoms with Crippen LogP contribution in [0.2, 0.25) is 0 Å². The van der Waals surface area contributed by atoms with Crippen molar-refractivity contribution in [2.45, 2.75) is 30.6 Å². The number of hydrogen-bond acceptors (Lipinski definition) is 10. The Bertz CT molecular complexity index is 1940. The van der Waals surface area contributed by atoms with E-state index < -0.39 is 49.1 Å². The predicted octanol–water partition coefficient (Wildman–Crippen LogP) is 1.01. The van der Waals surface area contributed by atoms with E-state index in [4.69, 9.17) is 14.2 Å². The molecule has 1 fully saturated rings. The molecule has 41 heavy (non-hydrogen) atoms. The Labute approximate surface area is 230 Å². The van der Waals surface area contributed by atoms with Crippen LogP contribution in [0.4, 0.5) is 0 Å². The Hall–Kier alpha value is -4.40. The van der Waals surface area contributed by atoms with Gasteiger partial charge in [-0.05, 0) is 24.3 Å². The number of rotatable bonds is 4. The van der Waals surface area contributed by atoms with Crippen molar-refractivity contribution in [3.8, 4) is 17.2 Å². The molecule has 0 radical (unpaired) electrons. The van der Waals surface area contributed by atoms with Crippen LogP contribution in [0.5, 0.6) is 17.2 Å². The van der Waals surface area contributed by atoms with E-state index in [2.05, 4.69) is 10.3 Å². The van der Waals surface area contributed by atoms with Crippen LogP contribution in [0.3, 0.4) is 0 Å². The first kappa shape index (κ1) is 25.6. The van der Waals surface area contributed by atoms with Gasteiger partial charge in [-0.15, -0.1) is 0 Å². The van der Waals surface area contributed by atoms with Crippen LogP contribution in [-0.2, 0) is 4.74 Å². The van der Waals surface area contributed by atoms with Gasteiger partial charge in [0.05, 0.1) is 48.5 Å². The maximum absolute atomic E-state index is 13.4. The van der Waals surface area contributed by atoms with E-state index >= 15 is 0 Å². The lowest BCUT2D eigenvalue weighted by atomic mass is 9.96. The quantitative estimate of drug-likeness (QED) is 0.155. The molecule has 7 rings (SSSR count). The summed E-state index contributed by atoms with van der Waals surface area (Å²) in [7, 11) is 2.89. The van der Waals surface area contributed by atoms with Gasteiger partial charge in [0.25, 0.3) is 11.8 Å². The molecule has 7 N–H and O–H groups in total. The average Bonchev–Trinajstić information content (AvgIpc) is 3.59. The van der Waals surface area contributed by atoms with Crippen molar-refractivity contribution >= 4 is 55.4 Å². The van der Waals surface area contributed by atoms with Gasteiger partial charge in [-0.3, -0.25) is 14.9 Å². The number of imide groups is 1. The minimum absolute atomic E-state index is 0.0547. The first-order valence-corrected chi connectivity index (χ1v) is 12.8. The number of nitrogens with zero attached hydrogens (tertiary/aromatic N) is 1. The highest BCUT2D eigenvalue weighted by Crippen LogP contribution is 2.48. The second-order valence-corrected chi connectivity index (χ2v) is 10.2. The van der Waals surface area contributed by atoms with Gasteiger partial charge in [0.15, 0.2) is 17.7 Å². The number of carbonyl (C=O) groups is 2. The number of nitrogens with one attached hydrogen (secondary N) is 2. The summed E-state index contributed by atoms with van der Waals surface area (Å²) in [6.45, 7) is -0.650. The van der Waals surface area contributed by atoms with E-state index in [0.29, 0.717) is 55.1 Å². The summed E-state index contributed by atoms with van der Waals surface area (Å²) in [4.78, 5) is 29.9. The standard InChI is InChI=1S/C28H25N3O10/c1-39-14-6-11-13(7-15(14)40-2)31(28-25(36)24(35)23(34)16(8-32)41-28)22-18(11)20-19(26(37)30-27(20)38)17-10-5-9(33)3-4-12(10)29-21(17)22/h3-7,16,23-25,28-29,32-36H,8H2,1-2H3,(H,30,37,38)/t16-,23-,24+,25-,28-/m1/s1. The number of aliphatic hydroxyl groups excluding tert-OH is 4. The summed E-state index contributed by atoms with van der Waals surface area (Å²) in [5.74, 6) is -0.679. The lowest BCUT2D eigenvalue weighted by molar-refractivity contribution is -0.249. The van der Waals surface area contributed by atoms with Crippen LogP contribution in [0.1, 0.15) is 26.9 Å². The smallest absolute Gasteiger partial charge is 0.259 e. The molecule has 0 saturated carbocycles. The Morgan fingerprint density at radius 2 is 1.59 bits per heavy atom. The number of aromatic hydroxyl groups is 1. The number of fused-ring (bicyclic) bond motifs is 10. The van der Waals surface area contributed by atoms with E-state index in [-0.39, 0.29) is 16.9 Å². The Balaban J connectivity index is 1.73. The Morgan fingerprint density at radius 1 is 0.902 bits per heavy atom. The molecule has 212 valence electrons. The highest BCUT2D eigenvalue weighted by atomic mass is 16.6. The molecule has 3 aromatic carbocycles. The van der Waals surface area contributed by atoms with E-state index in [0.717, 1.165) is 0 Å². The molecule has 0 bridgehead atoms. The topological polar surface area (TPSA) is 196 Å². The highest BCUT2D eigenvalue weighted by molar-refractivity contribution is 6.39. The van der Waals surface area contributed by atoms with Crippen LogP contribution < -0.4 is 14.8 Å². The maximum Gasteiger partial charge on any atom is 0.259 e. The van der Waals surface area contributed by atoms with Crippen molar-refractivity contribution < 1.29 is 49.3 Å². The SMILES string of the molecule is COc1cc2c3c4c(c5c6cc(O)ccc6[nH]c5c3n([C@@H]3O[C@H](CO)[C@@H](O)[C@H](O)[C@H]3O)c2cc1OC)C(=O)NC4=O. The molecule has 5 atom stereocenters. The Kier molecular flexibility index (Phi) is 5.48. The number of methoxy groups -OCH3 is 2. The summed E-state index contributed by atoms with van der Waals surface area (Å²) >= 11 is 0. The number of aromatic amines is 1. The zero-order chi connectivity index (χ0) is 28.9. The van der Waals surface area contributed by atoms with E-state index in [1.807, 2.05) is 0 Å². The molecule has 13 nitrogen and oxygen atoms in total. The molecule has 0 unspecified atom stereocenters. The summed E-state index contributed by atoms with van der Waals surface area (Å²) in [5, 5.41) is 56.5. The minimum Gasteiger partial charge on any atom is -0.508 e. The van der Waals surface area contributed by atoms with Crippen molar-refractivity contribution in [3.63, 3.8) is 0 Å². The molecule has 1 saturated heterocycles. The van der Waals surface area contributed by atoms with Crippen molar-refractivity contribution in [2.24, 2.45) is 0 Å². The number of aliphatic hydroxyl groups is 4. The van der Waals surface area contributed by atoms with Crippen molar-refractivity contribution in [3.05, 3.63) is 41.5 Å². The Morgan fingerprint density at radius 3 is 2.27 bits per heavy atom. The molecule has 2 aliphatic rings. The zero-order valence-corrected chi connectivity index (χ0v) is 21.7. The van der Waals surface area contributed by atoms with Gasteiger partial charge in [-0.1, -0.05) is 0 Å². The molecule has 4 heterocycles. The minimum atomic E-state index is -1.69. The fraction of sp³-hybridized carbons (Fsp3) is 0.286. The largest absolute Gasteiger partial charge is 0.508 e. The summed E-state index contributed by atoms with van der Waals surface area (Å²) < 4.78 is 18.6. The molecule has 0 aliphatic carbocycles. The lowest BCUT2D eigenvalue weighted by Gasteiger charge is -2.41. The fourth-order valence-corrected chi connectivity index (χ4v) is 6.24. The number of benzene rings is 3. The molecule has 13 heteroatoms. The summed E-state index contributed by atoms with van der Waals surface area (Å²) in [6.07, 6.45) is -7.55. The average molecular weight is 564 g/mol. The van der Waals surface area contributed by atoms with Crippen LogP contribution in [0, 0.1) is 0 Å². The maximum atomic E-state index is 13.4. The molecular formula is C28H25N3O10. The normalized spacial score (nSPS) is 24.5. The number of ether oxygens (including phenoxy) is 3. The van der Waals surface area contributed by atoms with Gasteiger partial charge < -0.3 is 49.3 Å². The van der Waals surface area contributed by atoms with Gasteiger partial charge in [0.2, 0.25) is 0 Å². The van der Waals surface area contributed by atoms with Gasteiger partial charge >= 0.3 is 0 Å². The zero-order valence-electron chi connectivity index (χ0n) is 21.7. The van der Waals surface area contributed by atoms with E-state index in [9.17, 15) is 35.1 Å². The lowest BCUT2D eigenvalue weighted by Crippen LogP contribution is -2.56. The van der Waals surface area contributed by atoms with Gasteiger partial charge in [-0.25, -0.2) is 0 Å². The van der Waals surface area contributed by atoms with Crippen LogP contribution in [-0.4, -0.2) is 92.1 Å². The predicted molar refractivity (Wildman–Crippen MR) is 144 cm³/mol. The fourth-order valence-electron chi connectivity index (χ4n) is 6.24. The number of amides is 2. The molecule has 2 amide bonds. The van der Waals surface area contributed by atoms with Crippen molar-refractivity contribution in [1.82, 2.24) is 14.9 Å². The van der Waals surface area contributed by atoms with E-state index in [1.165, 1.54) is 26.4 Å². The second kappa shape index (κ2) is 8.80. The van der Waals surface area contributed by atoms with E-state index in [1.54, 1.807) is 22.8 Å². The number of carbonyl (C=O) groups excluding carboxylic acids is 2. The third-order valence-corrected chi connectivity index (χ3v) is 8.08. The molecule has 2 aromatic heterocycles. The molecule has 0 spiro atoms. The molecule has 5 aromatic rings.